The molecule has 2 heterocycles. The van der Waals surface area contributed by atoms with Crippen molar-refractivity contribution in [2.45, 2.75) is 39.2 Å². The maximum atomic E-state index is 13.9. The summed E-state index contributed by atoms with van der Waals surface area (Å²) in [6.07, 6.45) is 1.74. The van der Waals surface area contributed by atoms with Gasteiger partial charge in [0.2, 0.25) is 5.91 Å². The number of hydrogen-bond donors (Lipinski definition) is 1. The molecule has 2 aliphatic rings. The Hall–Kier alpha value is -4.15. The van der Waals surface area contributed by atoms with E-state index in [0.29, 0.717) is 36.2 Å². The van der Waals surface area contributed by atoms with Crippen LogP contribution in [0.2, 0.25) is 0 Å². The van der Waals surface area contributed by atoms with Gasteiger partial charge in [0.05, 0.1) is 25.3 Å². The molecule has 45 heavy (non-hydrogen) atoms. The topological polar surface area (TPSA) is 77.6 Å². The van der Waals surface area contributed by atoms with Crippen LogP contribution in [0.25, 0.3) is 0 Å². The first-order valence-corrected chi connectivity index (χ1v) is 16.3. The molecule has 2 amide bonds. The second-order valence-electron chi connectivity index (χ2n) is 11.2. The molecule has 3 aromatic carbocycles. The minimum atomic E-state index is -0.689. The highest BCUT2D eigenvalue weighted by atomic mass is 32.1. The Kier molecular flexibility index (Phi) is 11.3. The van der Waals surface area contributed by atoms with Crippen LogP contribution in [-0.4, -0.2) is 85.3 Å². The summed E-state index contributed by atoms with van der Waals surface area (Å²) in [7, 11) is 0. The Morgan fingerprint density at radius 1 is 0.844 bits per heavy atom. The molecule has 0 bridgehead atoms. The molecule has 0 spiro atoms. The third kappa shape index (κ3) is 8.32. The minimum Gasteiger partial charge on any atom is -0.494 e. The molecule has 2 fully saturated rings. The maximum Gasteiger partial charge on any atom is 0.256 e. The number of rotatable bonds is 14. The fourth-order valence-electron chi connectivity index (χ4n) is 5.76. The van der Waals surface area contributed by atoms with Gasteiger partial charge in [0, 0.05) is 44.1 Å². The standard InChI is InChI=1S/C35H43N5O4S/c1-3-25-44-31-15-11-27(12-16-31)36-33(41)26-32-34(42)40(29-13-17-30(18-14-29)43-4-2)35(45)39(32)20-8-19-37-21-23-38(24-22-37)28-9-6-5-7-10-28/h5-7,9-18,32H,3-4,8,19-26H2,1-2H3,(H,36,41)/t32-/m1/s1. The highest BCUT2D eigenvalue weighted by Crippen LogP contribution is 2.29. The number of nitrogens with zero attached hydrogens (tertiary/aromatic N) is 4. The zero-order valence-electron chi connectivity index (χ0n) is 26.2. The van der Waals surface area contributed by atoms with Crippen LogP contribution in [-0.2, 0) is 9.59 Å². The molecule has 238 valence electrons. The number of thiocarbonyl (C=S) groups is 1. The van der Waals surface area contributed by atoms with Gasteiger partial charge in [-0.15, -0.1) is 0 Å². The van der Waals surface area contributed by atoms with E-state index in [2.05, 4.69) is 46.3 Å². The summed E-state index contributed by atoms with van der Waals surface area (Å²) in [6.45, 7) is 10.6. The van der Waals surface area contributed by atoms with E-state index in [4.69, 9.17) is 21.7 Å². The fraction of sp³-hybridized carbons (Fsp3) is 0.400. The van der Waals surface area contributed by atoms with Crippen LogP contribution in [0.4, 0.5) is 17.1 Å². The predicted octanol–water partition coefficient (Wildman–Crippen LogP) is 5.42. The van der Waals surface area contributed by atoms with E-state index in [-0.39, 0.29) is 18.2 Å². The van der Waals surface area contributed by atoms with Crippen LogP contribution in [0, 0.1) is 0 Å². The van der Waals surface area contributed by atoms with Crippen molar-refractivity contribution >= 4 is 46.2 Å². The van der Waals surface area contributed by atoms with Gasteiger partial charge >= 0.3 is 0 Å². The average Bonchev–Trinajstić information content (AvgIpc) is 3.29. The van der Waals surface area contributed by atoms with Crippen LogP contribution in [0.1, 0.15) is 33.1 Å². The van der Waals surface area contributed by atoms with E-state index < -0.39 is 6.04 Å². The van der Waals surface area contributed by atoms with Crippen molar-refractivity contribution in [1.82, 2.24) is 9.80 Å². The summed E-state index contributed by atoms with van der Waals surface area (Å²) in [5, 5.41) is 3.37. The summed E-state index contributed by atoms with van der Waals surface area (Å²) >= 11 is 5.89. The summed E-state index contributed by atoms with van der Waals surface area (Å²) in [5.41, 5.74) is 2.58. The molecule has 0 unspecified atom stereocenters. The van der Waals surface area contributed by atoms with E-state index in [1.165, 1.54) is 5.69 Å². The number of piperazine rings is 1. The van der Waals surface area contributed by atoms with Gasteiger partial charge in [-0.05, 0) is 99.2 Å². The molecule has 1 atom stereocenters. The van der Waals surface area contributed by atoms with Crippen molar-refractivity contribution in [1.29, 1.82) is 0 Å². The first-order valence-electron chi connectivity index (χ1n) is 15.9. The number of para-hydroxylation sites is 1. The second-order valence-corrected chi connectivity index (χ2v) is 11.6. The molecule has 0 aliphatic carbocycles. The Labute approximate surface area is 271 Å². The number of ether oxygens (including phenoxy) is 2. The number of amides is 2. The van der Waals surface area contributed by atoms with Gasteiger partial charge in [-0.2, -0.15) is 0 Å². The molecule has 0 radical (unpaired) electrons. The van der Waals surface area contributed by atoms with Crippen molar-refractivity contribution in [3.63, 3.8) is 0 Å². The van der Waals surface area contributed by atoms with Gasteiger partial charge in [-0.1, -0.05) is 25.1 Å². The molecular weight excluding hydrogens is 586 g/mol. The molecule has 5 rings (SSSR count). The lowest BCUT2D eigenvalue weighted by Gasteiger charge is -2.36. The molecule has 0 aromatic heterocycles. The van der Waals surface area contributed by atoms with E-state index in [1.807, 2.05) is 66.4 Å². The van der Waals surface area contributed by atoms with Crippen molar-refractivity contribution in [2.75, 3.05) is 67.6 Å². The van der Waals surface area contributed by atoms with Gasteiger partial charge in [0.1, 0.15) is 17.5 Å². The summed E-state index contributed by atoms with van der Waals surface area (Å²) in [6, 6.07) is 24.5. The number of hydrogen-bond acceptors (Lipinski definition) is 7. The third-order valence-corrected chi connectivity index (χ3v) is 8.50. The van der Waals surface area contributed by atoms with Gasteiger partial charge < -0.3 is 24.6 Å². The molecule has 3 aromatic rings. The highest BCUT2D eigenvalue weighted by molar-refractivity contribution is 7.80. The SMILES string of the molecule is CCCOc1ccc(NC(=O)C[C@@H]2C(=O)N(c3ccc(OCC)cc3)C(=S)N2CCCN2CCN(c3ccccc3)CC2)cc1. The smallest absolute Gasteiger partial charge is 0.256 e. The first-order chi connectivity index (χ1) is 22.0. The molecule has 0 saturated carbocycles. The summed E-state index contributed by atoms with van der Waals surface area (Å²) in [5.74, 6) is 1.04. The zero-order chi connectivity index (χ0) is 31.6. The Bertz CT molecular complexity index is 1410. The highest BCUT2D eigenvalue weighted by Gasteiger charge is 2.44. The molecular formula is C35H43N5O4S. The maximum absolute atomic E-state index is 13.9. The minimum absolute atomic E-state index is 0.00363. The van der Waals surface area contributed by atoms with Crippen molar-refractivity contribution in [2.24, 2.45) is 0 Å². The molecule has 10 heteroatoms. The lowest BCUT2D eigenvalue weighted by Crippen LogP contribution is -2.47. The number of benzene rings is 3. The lowest BCUT2D eigenvalue weighted by molar-refractivity contribution is -0.124. The van der Waals surface area contributed by atoms with E-state index in [1.54, 1.807) is 4.90 Å². The van der Waals surface area contributed by atoms with E-state index >= 15 is 0 Å². The van der Waals surface area contributed by atoms with E-state index in [0.717, 1.165) is 57.1 Å². The number of carbonyl (C=O) groups is 2. The second kappa shape index (κ2) is 15.7. The lowest BCUT2D eigenvalue weighted by atomic mass is 10.1. The predicted molar refractivity (Wildman–Crippen MR) is 183 cm³/mol. The van der Waals surface area contributed by atoms with Crippen molar-refractivity contribution in [3.8, 4) is 11.5 Å². The largest absolute Gasteiger partial charge is 0.494 e. The van der Waals surface area contributed by atoms with Gasteiger partial charge in [-0.3, -0.25) is 19.4 Å². The van der Waals surface area contributed by atoms with Crippen LogP contribution >= 0.6 is 12.2 Å². The zero-order valence-corrected chi connectivity index (χ0v) is 27.0. The Morgan fingerprint density at radius 2 is 1.51 bits per heavy atom. The van der Waals surface area contributed by atoms with E-state index in [9.17, 15) is 9.59 Å². The number of carbonyl (C=O) groups excluding carboxylic acids is 2. The number of anilines is 3. The van der Waals surface area contributed by atoms with Crippen LogP contribution < -0.4 is 24.6 Å². The van der Waals surface area contributed by atoms with Gasteiger partial charge in [-0.25, -0.2) is 0 Å². The normalized spacial score (nSPS) is 17.1. The van der Waals surface area contributed by atoms with Crippen molar-refractivity contribution < 1.29 is 19.1 Å². The van der Waals surface area contributed by atoms with Crippen LogP contribution in [0.3, 0.4) is 0 Å². The quantitative estimate of drug-likeness (QED) is 0.237. The number of nitrogens with one attached hydrogen (secondary N) is 1. The first kappa shape index (κ1) is 32.2. The Balaban J connectivity index is 1.22. The Morgan fingerprint density at radius 3 is 2.18 bits per heavy atom. The fourth-order valence-corrected chi connectivity index (χ4v) is 6.17. The van der Waals surface area contributed by atoms with Crippen LogP contribution in [0.15, 0.2) is 78.9 Å². The average molecular weight is 630 g/mol. The summed E-state index contributed by atoms with van der Waals surface area (Å²) in [4.78, 5) is 35.5. The molecule has 9 nitrogen and oxygen atoms in total. The van der Waals surface area contributed by atoms with Crippen LogP contribution in [0.5, 0.6) is 11.5 Å². The van der Waals surface area contributed by atoms with Gasteiger partial charge in [0.25, 0.3) is 5.91 Å². The molecule has 1 N–H and O–H groups in total. The molecule has 2 saturated heterocycles. The van der Waals surface area contributed by atoms with Gasteiger partial charge in [0.15, 0.2) is 5.11 Å². The molecule has 2 aliphatic heterocycles. The summed E-state index contributed by atoms with van der Waals surface area (Å²) < 4.78 is 11.2. The monoisotopic (exact) mass is 629 g/mol. The van der Waals surface area contributed by atoms with Crippen molar-refractivity contribution in [3.05, 3.63) is 78.9 Å². The third-order valence-electron chi connectivity index (χ3n) is 8.08.